The minimum absolute atomic E-state index is 0.258. The van der Waals surface area contributed by atoms with Crippen LogP contribution in [-0.4, -0.2) is 22.3 Å². The summed E-state index contributed by atoms with van der Waals surface area (Å²) in [6.07, 6.45) is 4.80. The van der Waals surface area contributed by atoms with Gasteiger partial charge in [-0.15, -0.1) is 0 Å². The molecule has 0 aromatic carbocycles. The summed E-state index contributed by atoms with van der Waals surface area (Å²) in [6, 6.07) is 0.258. The number of hydrogen-bond donors (Lipinski definition) is 1. The number of rotatable bonds is 5. The van der Waals surface area contributed by atoms with E-state index in [4.69, 9.17) is 5.73 Å². The van der Waals surface area contributed by atoms with Crippen molar-refractivity contribution in [1.29, 1.82) is 0 Å². The van der Waals surface area contributed by atoms with Crippen molar-refractivity contribution in [3.63, 3.8) is 0 Å². The number of hydrogen-bond acceptors (Lipinski definition) is 2. The maximum Gasteiger partial charge on any atom is 0.0246 e. The van der Waals surface area contributed by atoms with Gasteiger partial charge in [0.1, 0.15) is 0 Å². The summed E-state index contributed by atoms with van der Waals surface area (Å²) in [4.78, 5) is 0. The van der Waals surface area contributed by atoms with Gasteiger partial charge in [-0.25, -0.2) is 0 Å². The highest BCUT2D eigenvalue weighted by Crippen LogP contribution is 1.98. The summed E-state index contributed by atoms with van der Waals surface area (Å²) >= 11 is 0. The third kappa shape index (κ3) is 6.23. The van der Waals surface area contributed by atoms with Gasteiger partial charge in [-0.2, -0.15) is 0 Å². The molecule has 0 aromatic heterocycles. The van der Waals surface area contributed by atoms with Crippen LogP contribution in [0.5, 0.6) is 0 Å². The Bertz CT molecular complexity index is 106. The predicted octanol–water partition coefficient (Wildman–Crippen LogP) is 0.882. The minimum atomic E-state index is -0.670. The van der Waals surface area contributed by atoms with Gasteiger partial charge in [0, 0.05) is 28.9 Å². The lowest BCUT2D eigenvalue weighted by atomic mass is 10.1. The fourth-order valence-electron chi connectivity index (χ4n) is 0.832. The molecule has 0 aliphatic rings. The molecule has 2 unspecified atom stereocenters. The van der Waals surface area contributed by atoms with Crippen molar-refractivity contribution in [3.05, 3.63) is 0 Å². The quantitative estimate of drug-likeness (QED) is 0.654. The average Bonchev–Trinajstić information content (AvgIpc) is 1.85. The summed E-state index contributed by atoms with van der Waals surface area (Å²) in [5.74, 6) is 0.751. The fraction of sp³-hybridized carbons (Fsp3) is 1.00. The van der Waals surface area contributed by atoms with E-state index >= 15 is 0 Å². The lowest BCUT2D eigenvalue weighted by Crippen LogP contribution is -2.21. The van der Waals surface area contributed by atoms with E-state index in [1.807, 2.05) is 0 Å². The standard InChI is InChI=1S/C7H17NOS/c1-3-4-7(8)5-6-10(2)9/h7H,3-6,8H2,1-2H3. The second kappa shape index (κ2) is 5.86. The van der Waals surface area contributed by atoms with Gasteiger partial charge >= 0.3 is 0 Å². The van der Waals surface area contributed by atoms with E-state index < -0.39 is 10.8 Å². The van der Waals surface area contributed by atoms with Gasteiger partial charge in [-0.1, -0.05) is 13.3 Å². The third-order valence-electron chi connectivity index (χ3n) is 1.44. The van der Waals surface area contributed by atoms with E-state index in [0.29, 0.717) is 0 Å². The minimum Gasteiger partial charge on any atom is -0.328 e. The highest BCUT2D eigenvalue weighted by atomic mass is 32.2. The first-order valence-corrected chi connectivity index (χ1v) is 5.45. The van der Waals surface area contributed by atoms with Gasteiger partial charge < -0.3 is 5.73 Å². The van der Waals surface area contributed by atoms with Crippen LogP contribution in [0.3, 0.4) is 0 Å². The second-order valence-corrected chi connectivity index (χ2v) is 4.17. The molecule has 0 aliphatic carbocycles. The van der Waals surface area contributed by atoms with Crippen LogP contribution >= 0.6 is 0 Å². The van der Waals surface area contributed by atoms with Crippen LogP contribution in [0.2, 0.25) is 0 Å². The van der Waals surface area contributed by atoms with E-state index in [9.17, 15) is 4.21 Å². The summed E-state index contributed by atoms with van der Waals surface area (Å²) in [7, 11) is -0.670. The molecule has 0 spiro atoms. The lowest BCUT2D eigenvalue weighted by molar-refractivity contribution is 0.586. The molecule has 0 amide bonds. The first-order valence-electron chi connectivity index (χ1n) is 3.72. The van der Waals surface area contributed by atoms with Gasteiger partial charge in [-0.05, 0) is 12.8 Å². The lowest BCUT2D eigenvalue weighted by Gasteiger charge is -2.07. The van der Waals surface area contributed by atoms with Gasteiger partial charge in [0.15, 0.2) is 0 Å². The van der Waals surface area contributed by atoms with E-state index in [-0.39, 0.29) is 6.04 Å². The summed E-state index contributed by atoms with van der Waals surface area (Å²) in [6.45, 7) is 2.11. The summed E-state index contributed by atoms with van der Waals surface area (Å²) in [5, 5.41) is 0. The first kappa shape index (κ1) is 10.1. The molecular weight excluding hydrogens is 146 g/mol. The van der Waals surface area contributed by atoms with Crippen molar-refractivity contribution < 1.29 is 4.21 Å². The molecule has 0 heterocycles. The molecule has 2 atom stereocenters. The van der Waals surface area contributed by atoms with Crippen molar-refractivity contribution in [1.82, 2.24) is 0 Å². The zero-order valence-electron chi connectivity index (χ0n) is 6.80. The van der Waals surface area contributed by atoms with Crippen molar-refractivity contribution in [2.45, 2.75) is 32.2 Å². The van der Waals surface area contributed by atoms with E-state index in [2.05, 4.69) is 6.92 Å². The van der Waals surface area contributed by atoms with E-state index in [1.165, 1.54) is 0 Å². The van der Waals surface area contributed by atoms with Gasteiger partial charge in [0.25, 0.3) is 0 Å². The SMILES string of the molecule is CCCC(N)CCS(C)=O. The Morgan fingerprint density at radius 1 is 1.50 bits per heavy atom. The molecule has 0 aliphatic heterocycles. The van der Waals surface area contributed by atoms with Crippen LogP contribution in [0, 0.1) is 0 Å². The second-order valence-electron chi connectivity index (χ2n) is 2.61. The number of nitrogens with two attached hydrogens (primary N) is 1. The zero-order valence-corrected chi connectivity index (χ0v) is 7.62. The molecule has 0 saturated heterocycles. The Balaban J connectivity index is 3.21. The molecule has 0 aromatic rings. The van der Waals surface area contributed by atoms with Crippen LogP contribution in [0.15, 0.2) is 0 Å². The van der Waals surface area contributed by atoms with Crippen molar-refractivity contribution in [2.24, 2.45) is 5.73 Å². The van der Waals surface area contributed by atoms with Crippen LogP contribution < -0.4 is 5.73 Å². The largest absolute Gasteiger partial charge is 0.328 e. The normalized spacial score (nSPS) is 16.7. The highest BCUT2D eigenvalue weighted by Gasteiger charge is 2.00. The molecule has 0 saturated carbocycles. The molecule has 2 nitrogen and oxygen atoms in total. The third-order valence-corrected chi connectivity index (χ3v) is 2.25. The molecule has 62 valence electrons. The Morgan fingerprint density at radius 2 is 2.10 bits per heavy atom. The van der Waals surface area contributed by atoms with Gasteiger partial charge in [0.2, 0.25) is 0 Å². The Labute approximate surface area is 65.6 Å². The molecule has 2 N–H and O–H groups in total. The fourth-order valence-corrected chi connectivity index (χ4v) is 1.47. The molecule has 10 heavy (non-hydrogen) atoms. The summed E-state index contributed by atoms with van der Waals surface area (Å²) in [5.41, 5.74) is 5.70. The topological polar surface area (TPSA) is 43.1 Å². The van der Waals surface area contributed by atoms with Crippen LogP contribution in [-0.2, 0) is 10.8 Å². The van der Waals surface area contributed by atoms with Gasteiger partial charge in [0.05, 0.1) is 0 Å². The molecule has 0 rings (SSSR count). The summed E-state index contributed by atoms with van der Waals surface area (Å²) < 4.78 is 10.6. The monoisotopic (exact) mass is 163 g/mol. The molecule has 0 bridgehead atoms. The average molecular weight is 163 g/mol. The molecule has 3 heteroatoms. The Hall–Kier alpha value is 0.110. The maximum atomic E-state index is 10.6. The predicted molar refractivity (Wildman–Crippen MR) is 46.4 cm³/mol. The van der Waals surface area contributed by atoms with Crippen molar-refractivity contribution in [2.75, 3.05) is 12.0 Å². The Kier molecular flexibility index (Phi) is 5.93. The molecule has 0 radical (unpaired) electrons. The van der Waals surface area contributed by atoms with Crippen LogP contribution in [0.1, 0.15) is 26.2 Å². The molecule has 0 fully saturated rings. The van der Waals surface area contributed by atoms with Crippen molar-refractivity contribution >= 4 is 10.8 Å². The first-order chi connectivity index (χ1) is 4.66. The van der Waals surface area contributed by atoms with Crippen LogP contribution in [0.25, 0.3) is 0 Å². The van der Waals surface area contributed by atoms with Gasteiger partial charge in [-0.3, -0.25) is 4.21 Å². The van der Waals surface area contributed by atoms with E-state index in [1.54, 1.807) is 6.26 Å². The zero-order chi connectivity index (χ0) is 7.98. The highest BCUT2D eigenvalue weighted by molar-refractivity contribution is 7.84. The van der Waals surface area contributed by atoms with Crippen LogP contribution in [0.4, 0.5) is 0 Å². The Morgan fingerprint density at radius 3 is 2.50 bits per heavy atom. The van der Waals surface area contributed by atoms with E-state index in [0.717, 1.165) is 25.0 Å². The molecular formula is C7H17NOS. The maximum absolute atomic E-state index is 10.6. The van der Waals surface area contributed by atoms with Crippen molar-refractivity contribution in [3.8, 4) is 0 Å². The smallest absolute Gasteiger partial charge is 0.0246 e.